The zero-order chi connectivity index (χ0) is 14.2. The first-order chi connectivity index (χ1) is 10.3. The molecule has 2 aromatic carbocycles. The Balaban J connectivity index is 1.60. The molecule has 0 N–H and O–H groups in total. The van der Waals surface area contributed by atoms with Crippen LogP contribution < -0.4 is 0 Å². The summed E-state index contributed by atoms with van der Waals surface area (Å²) in [5.41, 5.74) is 1.92. The lowest BCUT2D eigenvalue weighted by Gasteiger charge is -2.33. The van der Waals surface area contributed by atoms with Crippen molar-refractivity contribution < 1.29 is 9.53 Å². The van der Waals surface area contributed by atoms with Gasteiger partial charge in [-0.05, 0) is 24.1 Å². The normalized spacial score (nSPS) is 27.0. The van der Waals surface area contributed by atoms with Gasteiger partial charge in [-0.3, -0.25) is 4.79 Å². The number of benzene rings is 2. The molecule has 2 fully saturated rings. The fourth-order valence-corrected chi connectivity index (χ4v) is 3.43. The first-order valence-corrected chi connectivity index (χ1v) is 7.39. The number of hydrogen-bond acceptors (Lipinski definition) is 2. The van der Waals surface area contributed by atoms with Gasteiger partial charge in [-0.15, -0.1) is 0 Å². The highest BCUT2D eigenvalue weighted by Gasteiger charge is 2.48. The second kappa shape index (κ2) is 5.01. The Hall–Kier alpha value is -2.13. The van der Waals surface area contributed by atoms with Gasteiger partial charge in [0.15, 0.2) is 0 Å². The van der Waals surface area contributed by atoms with E-state index in [0.29, 0.717) is 6.54 Å². The molecule has 106 valence electrons. The summed E-state index contributed by atoms with van der Waals surface area (Å²) in [6.07, 6.45) is 1.13. The topological polar surface area (TPSA) is 29.5 Å². The summed E-state index contributed by atoms with van der Waals surface area (Å²) in [5.74, 6) is 0.118. The van der Waals surface area contributed by atoms with E-state index in [2.05, 4.69) is 12.1 Å². The lowest BCUT2D eigenvalue weighted by atomic mass is 10.0. The average Bonchev–Trinajstić information content (AvgIpc) is 3.16. The van der Waals surface area contributed by atoms with Gasteiger partial charge in [0.25, 0.3) is 5.91 Å². The Bertz CT molecular complexity index is 641. The fraction of sp³-hybridized carbons (Fsp3) is 0.278. The third-order valence-corrected chi connectivity index (χ3v) is 4.40. The quantitative estimate of drug-likeness (QED) is 0.845. The van der Waals surface area contributed by atoms with Crippen molar-refractivity contribution in [2.75, 3.05) is 6.54 Å². The zero-order valence-corrected chi connectivity index (χ0v) is 11.7. The average molecular weight is 279 g/mol. The Morgan fingerprint density at radius 2 is 1.67 bits per heavy atom. The van der Waals surface area contributed by atoms with Crippen LogP contribution in [-0.4, -0.2) is 29.5 Å². The number of ether oxygens (including phenoxy) is 1. The Morgan fingerprint density at radius 3 is 2.33 bits per heavy atom. The van der Waals surface area contributed by atoms with E-state index in [1.807, 2.05) is 53.4 Å². The van der Waals surface area contributed by atoms with Gasteiger partial charge in [0, 0.05) is 12.1 Å². The molecule has 0 unspecified atom stereocenters. The first-order valence-electron chi connectivity index (χ1n) is 7.39. The van der Waals surface area contributed by atoms with Gasteiger partial charge in [-0.2, -0.15) is 0 Å². The maximum absolute atomic E-state index is 12.7. The molecule has 21 heavy (non-hydrogen) atoms. The predicted octanol–water partition coefficient (Wildman–Crippen LogP) is 3.04. The van der Waals surface area contributed by atoms with Crippen LogP contribution in [0.2, 0.25) is 0 Å². The predicted molar refractivity (Wildman–Crippen MR) is 79.9 cm³/mol. The van der Waals surface area contributed by atoms with Gasteiger partial charge in [0.1, 0.15) is 6.10 Å². The molecule has 3 atom stereocenters. The van der Waals surface area contributed by atoms with E-state index in [-0.39, 0.29) is 24.2 Å². The van der Waals surface area contributed by atoms with Crippen LogP contribution in [0.25, 0.3) is 0 Å². The van der Waals surface area contributed by atoms with E-state index < -0.39 is 0 Å². The largest absolute Gasteiger partial charge is 0.366 e. The van der Waals surface area contributed by atoms with Crippen LogP contribution in [0.1, 0.15) is 28.4 Å². The summed E-state index contributed by atoms with van der Waals surface area (Å²) in [7, 11) is 0. The summed E-state index contributed by atoms with van der Waals surface area (Å²) in [4.78, 5) is 14.7. The minimum atomic E-state index is 0.0117. The van der Waals surface area contributed by atoms with Crippen molar-refractivity contribution in [3.8, 4) is 0 Å². The highest BCUT2D eigenvalue weighted by molar-refractivity contribution is 5.94. The zero-order valence-electron chi connectivity index (χ0n) is 11.7. The molecule has 4 rings (SSSR count). The number of fused-ring (bicyclic) bond motifs is 2. The maximum Gasteiger partial charge on any atom is 0.254 e. The van der Waals surface area contributed by atoms with Crippen molar-refractivity contribution in [1.29, 1.82) is 0 Å². The summed E-state index contributed by atoms with van der Waals surface area (Å²) < 4.78 is 6.07. The van der Waals surface area contributed by atoms with Crippen LogP contribution in [0.3, 0.4) is 0 Å². The molecule has 3 heteroatoms. The molecule has 0 radical (unpaired) electrons. The van der Waals surface area contributed by atoms with Crippen LogP contribution >= 0.6 is 0 Å². The molecule has 2 saturated heterocycles. The number of carbonyl (C=O) groups is 1. The van der Waals surface area contributed by atoms with Crippen molar-refractivity contribution in [1.82, 2.24) is 4.90 Å². The molecule has 0 spiro atoms. The summed E-state index contributed by atoms with van der Waals surface area (Å²) in [5, 5.41) is 0. The number of likely N-dealkylation sites (tertiary alicyclic amines) is 1. The monoisotopic (exact) mass is 279 g/mol. The first kappa shape index (κ1) is 12.6. The van der Waals surface area contributed by atoms with Crippen LogP contribution in [0.4, 0.5) is 0 Å². The molecular weight excluding hydrogens is 262 g/mol. The van der Waals surface area contributed by atoms with Crippen molar-refractivity contribution in [3.63, 3.8) is 0 Å². The Morgan fingerprint density at radius 1 is 1.00 bits per heavy atom. The van der Waals surface area contributed by atoms with Gasteiger partial charge in [0.05, 0.1) is 12.1 Å². The smallest absolute Gasteiger partial charge is 0.254 e. The SMILES string of the molecule is O=C(c1ccccc1)N1C[C@@H]2C[C@H]1[C@@H](c1ccccc1)O2. The lowest BCUT2D eigenvalue weighted by Crippen LogP contribution is -2.43. The van der Waals surface area contributed by atoms with E-state index in [1.165, 1.54) is 0 Å². The van der Waals surface area contributed by atoms with Gasteiger partial charge in [0.2, 0.25) is 0 Å². The third kappa shape index (κ3) is 2.14. The van der Waals surface area contributed by atoms with E-state index >= 15 is 0 Å². The molecular formula is C18H17NO2. The van der Waals surface area contributed by atoms with Crippen LogP contribution in [-0.2, 0) is 4.74 Å². The van der Waals surface area contributed by atoms with E-state index in [1.54, 1.807) is 0 Å². The van der Waals surface area contributed by atoms with Gasteiger partial charge in [-0.1, -0.05) is 48.5 Å². The van der Waals surface area contributed by atoms with Crippen molar-refractivity contribution >= 4 is 5.91 Å². The number of amides is 1. The van der Waals surface area contributed by atoms with E-state index in [0.717, 1.165) is 17.5 Å². The van der Waals surface area contributed by atoms with Gasteiger partial charge < -0.3 is 9.64 Å². The molecule has 2 aliphatic rings. The van der Waals surface area contributed by atoms with Crippen LogP contribution in [0.5, 0.6) is 0 Å². The van der Waals surface area contributed by atoms with E-state index in [4.69, 9.17) is 4.74 Å². The minimum absolute atomic E-state index is 0.0117. The molecule has 1 amide bonds. The van der Waals surface area contributed by atoms with Gasteiger partial charge >= 0.3 is 0 Å². The van der Waals surface area contributed by atoms with Gasteiger partial charge in [-0.25, -0.2) is 0 Å². The molecule has 3 nitrogen and oxygen atoms in total. The number of hydrogen-bond donors (Lipinski definition) is 0. The lowest BCUT2D eigenvalue weighted by molar-refractivity contribution is -0.0280. The summed E-state index contributed by atoms with van der Waals surface area (Å²) in [6.45, 7) is 0.710. The molecule has 2 bridgehead atoms. The van der Waals surface area contributed by atoms with Crippen LogP contribution in [0.15, 0.2) is 60.7 Å². The highest BCUT2D eigenvalue weighted by Crippen LogP contribution is 2.42. The molecule has 2 aromatic rings. The Labute approximate surface area is 124 Å². The second-order valence-electron chi connectivity index (χ2n) is 5.72. The number of carbonyl (C=O) groups excluding carboxylic acids is 1. The summed E-state index contributed by atoms with van der Waals surface area (Å²) in [6, 6.07) is 19.9. The van der Waals surface area contributed by atoms with Crippen molar-refractivity contribution in [3.05, 3.63) is 71.8 Å². The molecule has 2 heterocycles. The second-order valence-corrected chi connectivity index (χ2v) is 5.72. The number of rotatable bonds is 2. The number of morpholine rings is 1. The standard InChI is InChI=1S/C18H17NO2/c20-18(14-9-5-2-6-10-14)19-12-15-11-16(19)17(21-15)13-7-3-1-4-8-13/h1-10,15-17H,11-12H2/t15-,16-,17+/m0/s1. The molecule has 0 saturated carbocycles. The van der Waals surface area contributed by atoms with Crippen LogP contribution in [0, 0.1) is 0 Å². The molecule has 0 aromatic heterocycles. The van der Waals surface area contributed by atoms with Crippen molar-refractivity contribution in [2.45, 2.75) is 24.7 Å². The van der Waals surface area contributed by atoms with E-state index in [9.17, 15) is 4.79 Å². The number of nitrogens with zero attached hydrogens (tertiary/aromatic N) is 1. The van der Waals surface area contributed by atoms with Crippen molar-refractivity contribution in [2.24, 2.45) is 0 Å². The third-order valence-electron chi connectivity index (χ3n) is 4.40. The summed E-state index contributed by atoms with van der Waals surface area (Å²) >= 11 is 0. The minimum Gasteiger partial charge on any atom is -0.366 e. The molecule has 2 aliphatic heterocycles. The fourth-order valence-electron chi connectivity index (χ4n) is 3.43. The Kier molecular flexibility index (Phi) is 3.00. The highest BCUT2D eigenvalue weighted by atomic mass is 16.5. The molecule has 0 aliphatic carbocycles. The maximum atomic E-state index is 12.7.